The van der Waals surface area contributed by atoms with Crippen molar-refractivity contribution in [3.8, 4) is 0 Å². The standard InChI is InChI=1S/C14H12F3N3O/c15-14(16,17)10-5-2-1-4-9(10)8-19-13(21)11-6-3-7-12(18)20-11/h1-7H,8H2,(H2,18,20)(H,19,21). The van der Waals surface area contributed by atoms with Crippen molar-refractivity contribution in [2.24, 2.45) is 0 Å². The number of alkyl halides is 3. The van der Waals surface area contributed by atoms with Gasteiger partial charge in [-0.05, 0) is 23.8 Å². The summed E-state index contributed by atoms with van der Waals surface area (Å²) in [6.07, 6.45) is -4.46. The molecule has 0 bridgehead atoms. The molecule has 21 heavy (non-hydrogen) atoms. The van der Waals surface area contributed by atoms with Crippen LogP contribution in [0, 0.1) is 0 Å². The van der Waals surface area contributed by atoms with Crippen molar-refractivity contribution in [1.82, 2.24) is 10.3 Å². The van der Waals surface area contributed by atoms with E-state index in [0.29, 0.717) is 0 Å². The molecule has 0 unspecified atom stereocenters. The Balaban J connectivity index is 2.12. The highest BCUT2D eigenvalue weighted by molar-refractivity contribution is 5.92. The fourth-order valence-electron chi connectivity index (χ4n) is 1.79. The Morgan fingerprint density at radius 1 is 1.14 bits per heavy atom. The summed E-state index contributed by atoms with van der Waals surface area (Å²) in [7, 11) is 0. The molecule has 0 saturated carbocycles. The van der Waals surface area contributed by atoms with Crippen LogP contribution in [0.15, 0.2) is 42.5 Å². The van der Waals surface area contributed by atoms with Gasteiger partial charge in [-0.2, -0.15) is 13.2 Å². The van der Waals surface area contributed by atoms with Crippen LogP contribution in [0.4, 0.5) is 19.0 Å². The number of hydrogen-bond acceptors (Lipinski definition) is 3. The van der Waals surface area contributed by atoms with Gasteiger partial charge in [-0.3, -0.25) is 4.79 Å². The Bertz CT molecular complexity index is 656. The Morgan fingerprint density at radius 3 is 2.52 bits per heavy atom. The van der Waals surface area contributed by atoms with Crippen molar-refractivity contribution < 1.29 is 18.0 Å². The predicted molar refractivity (Wildman–Crippen MR) is 71.3 cm³/mol. The number of hydrogen-bond donors (Lipinski definition) is 2. The zero-order valence-corrected chi connectivity index (χ0v) is 10.8. The van der Waals surface area contributed by atoms with Crippen LogP contribution in [-0.4, -0.2) is 10.9 Å². The Hall–Kier alpha value is -2.57. The number of aromatic nitrogens is 1. The number of anilines is 1. The summed E-state index contributed by atoms with van der Waals surface area (Å²) in [5.74, 6) is -0.419. The SMILES string of the molecule is Nc1cccc(C(=O)NCc2ccccc2C(F)(F)F)n1. The molecular weight excluding hydrogens is 283 g/mol. The second-order valence-corrected chi connectivity index (χ2v) is 4.29. The van der Waals surface area contributed by atoms with Crippen molar-refractivity contribution in [2.75, 3.05) is 5.73 Å². The van der Waals surface area contributed by atoms with Crippen LogP contribution in [0.5, 0.6) is 0 Å². The van der Waals surface area contributed by atoms with E-state index in [4.69, 9.17) is 5.73 Å². The molecule has 0 aliphatic heterocycles. The second-order valence-electron chi connectivity index (χ2n) is 4.29. The Kier molecular flexibility index (Phi) is 4.11. The van der Waals surface area contributed by atoms with E-state index >= 15 is 0 Å². The smallest absolute Gasteiger partial charge is 0.384 e. The summed E-state index contributed by atoms with van der Waals surface area (Å²) in [5.41, 5.74) is 4.72. The number of nitrogen functional groups attached to an aromatic ring is 1. The van der Waals surface area contributed by atoms with Gasteiger partial charge in [-0.25, -0.2) is 4.98 Å². The summed E-state index contributed by atoms with van der Waals surface area (Å²) in [6.45, 7) is -0.245. The molecule has 0 aliphatic carbocycles. The zero-order chi connectivity index (χ0) is 15.5. The minimum absolute atomic E-state index is 0.0118. The maximum atomic E-state index is 12.8. The van der Waals surface area contributed by atoms with E-state index in [0.717, 1.165) is 6.07 Å². The number of nitrogens with two attached hydrogens (primary N) is 1. The maximum absolute atomic E-state index is 12.8. The van der Waals surface area contributed by atoms with Crippen molar-refractivity contribution in [2.45, 2.75) is 12.7 Å². The van der Waals surface area contributed by atoms with E-state index in [9.17, 15) is 18.0 Å². The summed E-state index contributed by atoms with van der Waals surface area (Å²) < 4.78 is 38.4. The Morgan fingerprint density at radius 2 is 1.86 bits per heavy atom. The van der Waals surface area contributed by atoms with Gasteiger partial charge in [-0.1, -0.05) is 24.3 Å². The van der Waals surface area contributed by atoms with E-state index in [2.05, 4.69) is 10.3 Å². The van der Waals surface area contributed by atoms with Gasteiger partial charge in [0.05, 0.1) is 5.56 Å². The molecule has 1 aromatic heterocycles. The van der Waals surface area contributed by atoms with E-state index in [1.165, 1.54) is 30.3 Å². The first-order chi connectivity index (χ1) is 9.88. The van der Waals surface area contributed by atoms with Crippen LogP contribution >= 0.6 is 0 Å². The number of nitrogens with zero attached hydrogens (tertiary/aromatic N) is 1. The molecule has 110 valence electrons. The van der Waals surface area contributed by atoms with E-state index in [1.54, 1.807) is 6.07 Å². The second kappa shape index (κ2) is 5.82. The largest absolute Gasteiger partial charge is 0.416 e. The first kappa shape index (κ1) is 14.8. The molecule has 4 nitrogen and oxygen atoms in total. The van der Waals surface area contributed by atoms with Crippen LogP contribution < -0.4 is 11.1 Å². The van der Waals surface area contributed by atoms with Crippen LogP contribution in [0.1, 0.15) is 21.6 Å². The maximum Gasteiger partial charge on any atom is 0.416 e. The van der Waals surface area contributed by atoms with Gasteiger partial charge in [0.15, 0.2) is 0 Å². The molecule has 1 heterocycles. The van der Waals surface area contributed by atoms with E-state index in [1.807, 2.05) is 0 Å². The minimum Gasteiger partial charge on any atom is -0.384 e. The molecule has 1 amide bonds. The van der Waals surface area contributed by atoms with Gasteiger partial charge in [0.2, 0.25) is 0 Å². The molecule has 2 rings (SSSR count). The van der Waals surface area contributed by atoms with E-state index in [-0.39, 0.29) is 23.6 Å². The molecule has 0 aliphatic rings. The summed E-state index contributed by atoms with van der Waals surface area (Å²) >= 11 is 0. The summed E-state index contributed by atoms with van der Waals surface area (Å²) in [4.78, 5) is 15.6. The molecule has 0 saturated heterocycles. The number of carbonyl (C=O) groups excluding carboxylic acids is 1. The van der Waals surface area contributed by atoms with E-state index < -0.39 is 17.6 Å². The predicted octanol–water partition coefficient (Wildman–Crippen LogP) is 2.61. The van der Waals surface area contributed by atoms with Crippen LogP contribution in [-0.2, 0) is 12.7 Å². The zero-order valence-electron chi connectivity index (χ0n) is 10.8. The molecule has 2 aromatic rings. The third-order valence-electron chi connectivity index (χ3n) is 2.77. The van der Waals surface area contributed by atoms with Crippen molar-refractivity contribution >= 4 is 11.7 Å². The third-order valence-corrected chi connectivity index (χ3v) is 2.77. The highest BCUT2D eigenvalue weighted by atomic mass is 19.4. The number of amides is 1. The van der Waals surface area contributed by atoms with Crippen LogP contribution in [0.2, 0.25) is 0 Å². The fourth-order valence-corrected chi connectivity index (χ4v) is 1.79. The average molecular weight is 295 g/mol. The number of halogens is 3. The number of pyridine rings is 1. The first-order valence-corrected chi connectivity index (χ1v) is 6.04. The van der Waals surface area contributed by atoms with Crippen molar-refractivity contribution in [3.05, 3.63) is 59.3 Å². The average Bonchev–Trinajstić information content (AvgIpc) is 2.44. The topological polar surface area (TPSA) is 68.0 Å². The first-order valence-electron chi connectivity index (χ1n) is 6.04. The highest BCUT2D eigenvalue weighted by Gasteiger charge is 2.32. The quantitative estimate of drug-likeness (QED) is 0.914. The van der Waals surface area contributed by atoms with Crippen LogP contribution in [0.25, 0.3) is 0 Å². The molecule has 7 heteroatoms. The normalized spacial score (nSPS) is 11.2. The number of benzene rings is 1. The lowest BCUT2D eigenvalue weighted by Gasteiger charge is -2.13. The van der Waals surface area contributed by atoms with Crippen LogP contribution in [0.3, 0.4) is 0 Å². The monoisotopic (exact) mass is 295 g/mol. The van der Waals surface area contributed by atoms with Gasteiger partial charge in [-0.15, -0.1) is 0 Å². The van der Waals surface area contributed by atoms with Gasteiger partial charge < -0.3 is 11.1 Å². The number of rotatable bonds is 3. The summed E-state index contributed by atoms with van der Waals surface area (Å²) in [6, 6.07) is 9.55. The van der Waals surface area contributed by atoms with Gasteiger partial charge in [0.25, 0.3) is 5.91 Å². The molecule has 3 N–H and O–H groups in total. The fraction of sp³-hybridized carbons (Fsp3) is 0.143. The Labute approximate surface area is 118 Å². The lowest BCUT2D eigenvalue weighted by molar-refractivity contribution is -0.138. The molecule has 1 aromatic carbocycles. The van der Waals surface area contributed by atoms with Gasteiger partial charge in [0, 0.05) is 6.54 Å². The molecule has 0 spiro atoms. The third kappa shape index (κ3) is 3.71. The molecule has 0 fully saturated rings. The lowest BCUT2D eigenvalue weighted by atomic mass is 10.1. The minimum atomic E-state index is -4.46. The highest BCUT2D eigenvalue weighted by Crippen LogP contribution is 2.31. The molecule has 0 atom stereocenters. The van der Waals surface area contributed by atoms with Gasteiger partial charge >= 0.3 is 6.18 Å². The number of nitrogens with one attached hydrogen (secondary N) is 1. The molecular formula is C14H12F3N3O. The lowest BCUT2D eigenvalue weighted by Crippen LogP contribution is -2.25. The number of carbonyl (C=O) groups is 1. The van der Waals surface area contributed by atoms with Crippen molar-refractivity contribution in [3.63, 3.8) is 0 Å². The summed E-state index contributed by atoms with van der Waals surface area (Å²) in [5, 5.41) is 2.40. The van der Waals surface area contributed by atoms with Gasteiger partial charge in [0.1, 0.15) is 11.5 Å². The van der Waals surface area contributed by atoms with Crippen molar-refractivity contribution in [1.29, 1.82) is 0 Å². The molecule has 0 radical (unpaired) electrons.